The fourth-order valence-electron chi connectivity index (χ4n) is 1.36. The number of aromatic nitrogens is 3. The van der Waals surface area contributed by atoms with Gasteiger partial charge in [0.1, 0.15) is 17.8 Å². The summed E-state index contributed by atoms with van der Waals surface area (Å²) in [4.78, 5) is 4.02. The summed E-state index contributed by atoms with van der Waals surface area (Å²) in [5.74, 6) is 2.53. The second-order valence-electron chi connectivity index (χ2n) is 3.39. The molecule has 0 unspecified atom stereocenters. The fourth-order valence-corrected chi connectivity index (χ4v) is 1.96. The van der Waals surface area contributed by atoms with Crippen molar-refractivity contribution < 1.29 is 9.47 Å². The lowest BCUT2D eigenvalue weighted by molar-refractivity contribution is 0.332. The number of nitrogens with zero attached hydrogens (tertiary/aromatic N) is 2. The highest BCUT2D eigenvalue weighted by atomic mass is 32.2. The molecule has 18 heavy (non-hydrogen) atoms. The van der Waals surface area contributed by atoms with E-state index in [4.69, 9.17) is 9.47 Å². The largest absolute Gasteiger partial charge is 0.494 e. The number of hydrogen-bond donors (Lipinski definition) is 1. The summed E-state index contributed by atoms with van der Waals surface area (Å²) in [7, 11) is 0. The van der Waals surface area contributed by atoms with Crippen molar-refractivity contribution in [3.63, 3.8) is 0 Å². The van der Waals surface area contributed by atoms with Crippen molar-refractivity contribution >= 4 is 11.8 Å². The van der Waals surface area contributed by atoms with Gasteiger partial charge in [0.2, 0.25) is 0 Å². The number of rotatable bonds is 7. The molecule has 6 heteroatoms. The van der Waals surface area contributed by atoms with E-state index in [9.17, 15) is 0 Å². The lowest BCUT2D eigenvalue weighted by Gasteiger charge is -2.06. The van der Waals surface area contributed by atoms with E-state index in [1.807, 2.05) is 31.2 Å². The molecule has 0 amide bonds. The first-order chi connectivity index (χ1) is 8.88. The Morgan fingerprint density at radius 1 is 1.17 bits per heavy atom. The van der Waals surface area contributed by atoms with Gasteiger partial charge in [-0.25, -0.2) is 4.98 Å². The minimum atomic E-state index is 0.624. The van der Waals surface area contributed by atoms with E-state index in [0.29, 0.717) is 13.2 Å². The van der Waals surface area contributed by atoms with E-state index in [-0.39, 0.29) is 0 Å². The average Bonchev–Trinajstić information content (AvgIpc) is 2.90. The lowest BCUT2D eigenvalue weighted by Crippen LogP contribution is -2.00. The standard InChI is InChI=1S/C12H15N3O2S/c1-2-16-10-3-5-11(6-4-10)17-7-8-18-12-13-9-14-15-12/h3-6,9H,2,7-8H2,1H3,(H,13,14,15). The summed E-state index contributed by atoms with van der Waals surface area (Å²) in [5, 5.41) is 7.37. The molecule has 0 aliphatic carbocycles. The summed E-state index contributed by atoms with van der Waals surface area (Å²) in [6.07, 6.45) is 1.50. The second kappa shape index (κ2) is 6.90. The van der Waals surface area contributed by atoms with Gasteiger partial charge in [-0.3, -0.25) is 5.10 Å². The smallest absolute Gasteiger partial charge is 0.183 e. The Hall–Kier alpha value is -1.69. The molecule has 0 radical (unpaired) electrons. The van der Waals surface area contributed by atoms with Crippen LogP contribution in [-0.2, 0) is 0 Å². The third-order valence-electron chi connectivity index (χ3n) is 2.12. The normalized spacial score (nSPS) is 10.3. The molecule has 1 N–H and O–H groups in total. The molecule has 0 aliphatic heterocycles. The van der Waals surface area contributed by atoms with E-state index in [2.05, 4.69) is 15.2 Å². The minimum Gasteiger partial charge on any atom is -0.494 e. The van der Waals surface area contributed by atoms with Crippen LogP contribution in [-0.4, -0.2) is 34.1 Å². The number of thioether (sulfide) groups is 1. The van der Waals surface area contributed by atoms with Crippen molar-refractivity contribution in [2.45, 2.75) is 12.1 Å². The number of hydrogen-bond acceptors (Lipinski definition) is 5. The predicted molar refractivity (Wildman–Crippen MR) is 70.2 cm³/mol. The van der Waals surface area contributed by atoms with Gasteiger partial charge in [-0.2, -0.15) is 5.10 Å². The average molecular weight is 265 g/mol. The molecule has 2 aromatic rings. The maximum Gasteiger partial charge on any atom is 0.183 e. The molecule has 1 aromatic carbocycles. The summed E-state index contributed by atoms with van der Waals surface area (Å²) >= 11 is 1.58. The van der Waals surface area contributed by atoms with Crippen molar-refractivity contribution in [1.82, 2.24) is 15.2 Å². The molecule has 2 rings (SSSR count). The molecule has 5 nitrogen and oxygen atoms in total. The van der Waals surface area contributed by atoms with Gasteiger partial charge in [0.15, 0.2) is 5.16 Å². The summed E-state index contributed by atoms with van der Waals surface area (Å²) < 4.78 is 11.0. The first kappa shape index (κ1) is 12.8. The van der Waals surface area contributed by atoms with E-state index < -0.39 is 0 Å². The van der Waals surface area contributed by atoms with E-state index in [1.54, 1.807) is 11.8 Å². The Bertz CT molecular complexity index is 445. The molecule has 0 saturated carbocycles. The molecule has 0 aliphatic rings. The molecular formula is C12H15N3O2S. The van der Waals surface area contributed by atoms with Crippen LogP contribution >= 0.6 is 11.8 Å². The number of aromatic amines is 1. The Morgan fingerprint density at radius 3 is 2.50 bits per heavy atom. The van der Waals surface area contributed by atoms with Crippen LogP contribution in [0.2, 0.25) is 0 Å². The molecule has 0 bridgehead atoms. The molecule has 96 valence electrons. The van der Waals surface area contributed by atoms with Gasteiger partial charge in [-0.15, -0.1) is 0 Å². The summed E-state index contributed by atoms with van der Waals surface area (Å²) in [5.41, 5.74) is 0. The quantitative estimate of drug-likeness (QED) is 0.615. The van der Waals surface area contributed by atoms with Gasteiger partial charge >= 0.3 is 0 Å². The van der Waals surface area contributed by atoms with Gasteiger partial charge < -0.3 is 9.47 Å². The van der Waals surface area contributed by atoms with Crippen LogP contribution in [0.15, 0.2) is 35.7 Å². The Balaban J connectivity index is 1.69. The number of H-pyrrole nitrogens is 1. The van der Waals surface area contributed by atoms with Crippen LogP contribution < -0.4 is 9.47 Å². The fraction of sp³-hybridized carbons (Fsp3) is 0.333. The van der Waals surface area contributed by atoms with Gasteiger partial charge in [0.05, 0.1) is 13.2 Å². The number of benzene rings is 1. The molecule has 1 heterocycles. The van der Waals surface area contributed by atoms with Gasteiger partial charge in [-0.05, 0) is 31.2 Å². The molecule has 0 saturated heterocycles. The van der Waals surface area contributed by atoms with Crippen molar-refractivity contribution in [1.29, 1.82) is 0 Å². The first-order valence-corrected chi connectivity index (χ1v) is 6.71. The van der Waals surface area contributed by atoms with Crippen LogP contribution in [0.5, 0.6) is 11.5 Å². The van der Waals surface area contributed by atoms with Crippen LogP contribution in [0.4, 0.5) is 0 Å². The Kier molecular flexibility index (Phi) is 4.89. The van der Waals surface area contributed by atoms with Crippen molar-refractivity contribution in [3.05, 3.63) is 30.6 Å². The molecule has 0 fully saturated rings. The second-order valence-corrected chi connectivity index (χ2v) is 4.48. The van der Waals surface area contributed by atoms with Crippen molar-refractivity contribution in [3.8, 4) is 11.5 Å². The maximum atomic E-state index is 5.60. The van der Waals surface area contributed by atoms with Crippen LogP contribution in [0, 0.1) is 0 Å². The van der Waals surface area contributed by atoms with Crippen molar-refractivity contribution in [2.75, 3.05) is 19.0 Å². The monoisotopic (exact) mass is 265 g/mol. The summed E-state index contributed by atoms with van der Waals surface area (Å²) in [6, 6.07) is 7.62. The topological polar surface area (TPSA) is 60.0 Å². The Morgan fingerprint density at radius 2 is 1.89 bits per heavy atom. The molecule has 0 atom stereocenters. The molecule has 1 aromatic heterocycles. The zero-order chi connectivity index (χ0) is 12.6. The molecular weight excluding hydrogens is 250 g/mol. The van der Waals surface area contributed by atoms with Crippen LogP contribution in [0.25, 0.3) is 0 Å². The van der Waals surface area contributed by atoms with E-state index in [0.717, 1.165) is 22.4 Å². The van der Waals surface area contributed by atoms with Crippen molar-refractivity contribution in [2.24, 2.45) is 0 Å². The molecule has 0 spiro atoms. The predicted octanol–water partition coefficient (Wildman–Crippen LogP) is 2.37. The maximum absolute atomic E-state index is 5.60. The minimum absolute atomic E-state index is 0.624. The van der Waals surface area contributed by atoms with Gasteiger partial charge in [0, 0.05) is 5.75 Å². The highest BCUT2D eigenvalue weighted by molar-refractivity contribution is 7.99. The third-order valence-corrected chi connectivity index (χ3v) is 2.96. The SMILES string of the molecule is CCOc1ccc(OCCSc2ncn[nH]2)cc1. The Labute approximate surface area is 110 Å². The van der Waals surface area contributed by atoms with Gasteiger partial charge in [-0.1, -0.05) is 11.8 Å². The zero-order valence-corrected chi connectivity index (χ0v) is 10.9. The zero-order valence-electron chi connectivity index (χ0n) is 10.1. The van der Waals surface area contributed by atoms with Gasteiger partial charge in [0.25, 0.3) is 0 Å². The third kappa shape index (κ3) is 3.96. The number of nitrogens with one attached hydrogen (secondary N) is 1. The number of ether oxygens (including phenoxy) is 2. The lowest BCUT2D eigenvalue weighted by atomic mass is 10.3. The van der Waals surface area contributed by atoms with E-state index in [1.165, 1.54) is 6.33 Å². The van der Waals surface area contributed by atoms with Crippen LogP contribution in [0.1, 0.15) is 6.92 Å². The van der Waals surface area contributed by atoms with E-state index >= 15 is 0 Å². The highest BCUT2D eigenvalue weighted by Gasteiger charge is 1.98. The van der Waals surface area contributed by atoms with Crippen LogP contribution in [0.3, 0.4) is 0 Å². The first-order valence-electron chi connectivity index (χ1n) is 5.72. The summed E-state index contributed by atoms with van der Waals surface area (Å²) in [6.45, 7) is 3.26. The highest BCUT2D eigenvalue weighted by Crippen LogP contribution is 2.18.